The SMILES string of the molecule is CCC(C(=O)O)c1c(C)n(C(=O)c2ccc(F)c(F)c2)c2ccc(O)c(F)c12. The number of benzene rings is 2. The number of rotatable bonds is 4. The van der Waals surface area contributed by atoms with Gasteiger partial charge in [0.1, 0.15) is 0 Å². The van der Waals surface area contributed by atoms with E-state index < -0.39 is 41.0 Å². The molecule has 146 valence electrons. The Morgan fingerprint density at radius 2 is 1.79 bits per heavy atom. The second-order valence-electron chi connectivity index (χ2n) is 6.36. The van der Waals surface area contributed by atoms with Gasteiger partial charge in [-0.25, -0.2) is 13.2 Å². The maximum Gasteiger partial charge on any atom is 0.311 e. The van der Waals surface area contributed by atoms with Crippen molar-refractivity contribution in [3.8, 4) is 5.75 Å². The first-order chi connectivity index (χ1) is 13.2. The highest BCUT2D eigenvalue weighted by Gasteiger charge is 2.30. The molecule has 0 saturated carbocycles. The highest BCUT2D eigenvalue weighted by atomic mass is 19.2. The van der Waals surface area contributed by atoms with Crippen LogP contribution >= 0.6 is 0 Å². The molecule has 1 unspecified atom stereocenters. The number of carboxylic acid groups (broad SMARTS) is 1. The number of fused-ring (bicyclic) bond motifs is 1. The third kappa shape index (κ3) is 2.90. The number of aromatic hydroxyl groups is 1. The number of halogens is 3. The summed E-state index contributed by atoms with van der Waals surface area (Å²) in [5, 5.41) is 19.1. The molecule has 0 aliphatic rings. The molecule has 8 heteroatoms. The van der Waals surface area contributed by atoms with Gasteiger partial charge in [0, 0.05) is 16.6 Å². The van der Waals surface area contributed by atoms with Crippen LogP contribution in [0.1, 0.15) is 40.9 Å². The molecule has 1 atom stereocenters. The minimum atomic E-state index is -1.22. The van der Waals surface area contributed by atoms with E-state index in [1.165, 1.54) is 13.0 Å². The van der Waals surface area contributed by atoms with Gasteiger partial charge in [-0.05, 0) is 49.2 Å². The molecule has 0 bridgehead atoms. The van der Waals surface area contributed by atoms with Crippen LogP contribution in [0.15, 0.2) is 30.3 Å². The molecule has 2 aromatic carbocycles. The molecule has 28 heavy (non-hydrogen) atoms. The minimum absolute atomic E-state index is 0.0252. The number of hydrogen-bond acceptors (Lipinski definition) is 3. The fraction of sp³-hybridized carbons (Fsp3) is 0.200. The first-order valence-corrected chi connectivity index (χ1v) is 8.43. The third-order valence-corrected chi connectivity index (χ3v) is 4.76. The van der Waals surface area contributed by atoms with Gasteiger partial charge in [0.05, 0.1) is 11.4 Å². The van der Waals surface area contributed by atoms with Gasteiger partial charge in [-0.2, -0.15) is 0 Å². The van der Waals surface area contributed by atoms with E-state index in [9.17, 15) is 33.0 Å². The fourth-order valence-corrected chi connectivity index (χ4v) is 3.43. The molecule has 0 saturated heterocycles. The zero-order valence-corrected chi connectivity index (χ0v) is 15.0. The number of phenols is 1. The van der Waals surface area contributed by atoms with Gasteiger partial charge < -0.3 is 10.2 Å². The smallest absolute Gasteiger partial charge is 0.311 e. The largest absolute Gasteiger partial charge is 0.505 e. The van der Waals surface area contributed by atoms with E-state index in [0.717, 1.165) is 22.8 Å². The van der Waals surface area contributed by atoms with Gasteiger partial charge >= 0.3 is 5.97 Å². The van der Waals surface area contributed by atoms with Gasteiger partial charge in [-0.3, -0.25) is 14.2 Å². The second-order valence-corrected chi connectivity index (χ2v) is 6.36. The average Bonchev–Trinajstić information content (AvgIpc) is 2.93. The molecule has 0 fully saturated rings. The van der Waals surface area contributed by atoms with E-state index in [4.69, 9.17) is 0 Å². The quantitative estimate of drug-likeness (QED) is 0.694. The first kappa shape index (κ1) is 19.5. The number of hydrogen-bond donors (Lipinski definition) is 2. The summed E-state index contributed by atoms with van der Waals surface area (Å²) < 4.78 is 42.5. The van der Waals surface area contributed by atoms with E-state index in [0.29, 0.717) is 6.07 Å². The summed E-state index contributed by atoms with van der Waals surface area (Å²) in [6, 6.07) is 4.90. The molecule has 1 heterocycles. The van der Waals surface area contributed by atoms with E-state index in [1.807, 2.05) is 0 Å². The first-order valence-electron chi connectivity index (χ1n) is 8.43. The van der Waals surface area contributed by atoms with Crippen LogP contribution in [-0.4, -0.2) is 26.7 Å². The summed E-state index contributed by atoms with van der Waals surface area (Å²) in [5.41, 5.74) is 0.0253. The predicted molar refractivity (Wildman–Crippen MR) is 95.1 cm³/mol. The van der Waals surface area contributed by atoms with Gasteiger partial charge in [-0.15, -0.1) is 0 Å². The topological polar surface area (TPSA) is 79.5 Å². The van der Waals surface area contributed by atoms with Crippen molar-refractivity contribution >= 4 is 22.8 Å². The monoisotopic (exact) mass is 391 g/mol. The summed E-state index contributed by atoms with van der Waals surface area (Å²) in [7, 11) is 0. The maximum absolute atomic E-state index is 14.7. The van der Waals surface area contributed by atoms with Gasteiger partial charge in [0.2, 0.25) is 0 Å². The number of aliphatic carboxylic acids is 1. The molecule has 0 amide bonds. The Morgan fingerprint density at radius 1 is 1.11 bits per heavy atom. The molecular formula is C20H16F3NO4. The second kappa shape index (κ2) is 7.03. The third-order valence-electron chi connectivity index (χ3n) is 4.76. The van der Waals surface area contributed by atoms with E-state index in [1.54, 1.807) is 6.92 Å². The molecule has 0 spiro atoms. The Bertz CT molecular complexity index is 1120. The Morgan fingerprint density at radius 3 is 2.36 bits per heavy atom. The lowest BCUT2D eigenvalue weighted by atomic mass is 9.93. The Hall–Kier alpha value is -3.29. The van der Waals surface area contributed by atoms with Gasteiger partial charge in [0.25, 0.3) is 5.91 Å². The number of carbonyl (C=O) groups excluding carboxylic acids is 1. The van der Waals surface area contributed by atoms with Crippen molar-refractivity contribution in [1.82, 2.24) is 4.57 Å². The van der Waals surface area contributed by atoms with Crippen LogP contribution in [0.5, 0.6) is 5.75 Å². The molecule has 2 N–H and O–H groups in total. The molecule has 0 radical (unpaired) electrons. The number of aromatic nitrogens is 1. The van der Waals surface area contributed by atoms with Crippen LogP contribution < -0.4 is 0 Å². The van der Waals surface area contributed by atoms with Crippen molar-refractivity contribution in [3.63, 3.8) is 0 Å². The summed E-state index contributed by atoms with van der Waals surface area (Å²) in [6.45, 7) is 3.04. The van der Waals surface area contributed by atoms with Crippen LogP contribution in [0.25, 0.3) is 10.9 Å². The molecule has 5 nitrogen and oxygen atoms in total. The van der Waals surface area contributed by atoms with Gasteiger partial charge in [0.15, 0.2) is 23.2 Å². The summed E-state index contributed by atoms with van der Waals surface area (Å²) in [4.78, 5) is 24.7. The van der Waals surface area contributed by atoms with Crippen LogP contribution in [0.3, 0.4) is 0 Å². The van der Waals surface area contributed by atoms with Crippen LogP contribution in [0.2, 0.25) is 0 Å². The van der Waals surface area contributed by atoms with Crippen LogP contribution in [0.4, 0.5) is 13.2 Å². The average molecular weight is 391 g/mol. The molecule has 0 aliphatic carbocycles. The van der Waals surface area contributed by atoms with Crippen LogP contribution in [0, 0.1) is 24.4 Å². The number of phenolic OH excluding ortho intramolecular Hbond substituents is 1. The fourth-order valence-electron chi connectivity index (χ4n) is 3.43. The molecular weight excluding hydrogens is 375 g/mol. The summed E-state index contributed by atoms with van der Waals surface area (Å²) in [6.07, 6.45) is 0.115. The number of nitrogens with zero attached hydrogens (tertiary/aromatic N) is 1. The standard InChI is InChI=1S/C20H16F3NO4/c1-3-11(20(27)28)16-9(2)24(14-6-7-15(25)18(23)17(14)16)19(26)10-4-5-12(21)13(22)8-10/h4-8,11,25H,3H2,1-2H3,(H,27,28). The lowest BCUT2D eigenvalue weighted by Gasteiger charge is -2.12. The molecule has 0 aliphatic heterocycles. The molecule has 3 aromatic rings. The van der Waals surface area contributed by atoms with Crippen molar-refractivity contribution < 1.29 is 33.0 Å². The number of carboxylic acids is 1. The van der Waals surface area contributed by atoms with Crippen molar-refractivity contribution in [2.45, 2.75) is 26.2 Å². The van der Waals surface area contributed by atoms with Gasteiger partial charge in [-0.1, -0.05) is 6.92 Å². The zero-order valence-electron chi connectivity index (χ0n) is 15.0. The van der Waals surface area contributed by atoms with Crippen molar-refractivity contribution in [1.29, 1.82) is 0 Å². The Balaban J connectivity index is 2.36. The predicted octanol–water partition coefficient (Wildman–Crippen LogP) is 4.34. The highest BCUT2D eigenvalue weighted by molar-refractivity contribution is 6.05. The highest BCUT2D eigenvalue weighted by Crippen LogP contribution is 2.38. The summed E-state index contributed by atoms with van der Waals surface area (Å²) in [5.74, 6) is -7.21. The lowest BCUT2D eigenvalue weighted by molar-refractivity contribution is -0.138. The summed E-state index contributed by atoms with van der Waals surface area (Å²) >= 11 is 0. The lowest BCUT2D eigenvalue weighted by Crippen LogP contribution is -2.16. The van der Waals surface area contributed by atoms with E-state index in [-0.39, 0.29) is 34.1 Å². The Labute approximate surface area is 157 Å². The minimum Gasteiger partial charge on any atom is -0.505 e. The van der Waals surface area contributed by atoms with Crippen molar-refractivity contribution in [2.24, 2.45) is 0 Å². The van der Waals surface area contributed by atoms with E-state index in [2.05, 4.69) is 0 Å². The normalized spacial score (nSPS) is 12.3. The van der Waals surface area contributed by atoms with Crippen LogP contribution in [-0.2, 0) is 4.79 Å². The van der Waals surface area contributed by atoms with E-state index >= 15 is 0 Å². The maximum atomic E-state index is 14.7. The molecule has 3 rings (SSSR count). The van der Waals surface area contributed by atoms with Crippen molar-refractivity contribution in [3.05, 3.63) is 64.6 Å². The zero-order chi connectivity index (χ0) is 20.7. The Kier molecular flexibility index (Phi) is 4.89. The number of carbonyl (C=O) groups is 2. The molecule has 1 aromatic heterocycles. The van der Waals surface area contributed by atoms with Crippen molar-refractivity contribution in [2.75, 3.05) is 0 Å².